The van der Waals surface area contributed by atoms with Crippen LogP contribution in [0.1, 0.15) is 23.5 Å². The average molecular weight is 361 g/mol. The molecule has 0 atom stereocenters. The summed E-state index contributed by atoms with van der Waals surface area (Å²) in [6, 6.07) is 0.305. The fraction of sp³-hybridized carbons (Fsp3) is 0.600. The Balaban J connectivity index is 1.79. The Bertz CT molecular complexity index is 562. The molecule has 1 saturated heterocycles. The van der Waals surface area contributed by atoms with Gasteiger partial charge in [0.05, 0.1) is 6.54 Å². The van der Waals surface area contributed by atoms with Gasteiger partial charge in [-0.1, -0.05) is 6.08 Å². The predicted molar refractivity (Wildman–Crippen MR) is 90.1 cm³/mol. The summed E-state index contributed by atoms with van der Waals surface area (Å²) >= 11 is 0.988. The maximum absolute atomic E-state index is 12.5. The van der Waals surface area contributed by atoms with Gasteiger partial charge < -0.3 is 10.6 Å². The highest BCUT2D eigenvalue weighted by molar-refractivity contribution is 7.09. The van der Waals surface area contributed by atoms with Crippen molar-refractivity contribution in [1.29, 1.82) is 0 Å². The van der Waals surface area contributed by atoms with E-state index in [0.717, 1.165) is 49.2 Å². The molecule has 0 unspecified atom stereocenters. The molecule has 0 aromatic carbocycles. The number of alkyl halides is 3. The Labute approximate surface area is 143 Å². The Morgan fingerprint density at radius 2 is 2.21 bits per heavy atom. The molecule has 1 aromatic heterocycles. The van der Waals surface area contributed by atoms with Gasteiger partial charge in [0, 0.05) is 38.1 Å². The zero-order valence-electron chi connectivity index (χ0n) is 13.6. The smallest absolute Gasteiger partial charge is 0.354 e. The third-order valence-electron chi connectivity index (χ3n) is 3.79. The van der Waals surface area contributed by atoms with Crippen molar-refractivity contribution in [3.63, 3.8) is 0 Å². The zero-order chi connectivity index (χ0) is 17.6. The van der Waals surface area contributed by atoms with Crippen molar-refractivity contribution in [2.45, 2.75) is 31.6 Å². The topological polar surface area (TPSA) is 52.5 Å². The van der Waals surface area contributed by atoms with Gasteiger partial charge in [-0.3, -0.25) is 9.89 Å². The average Bonchev–Trinajstić information content (AvgIpc) is 3.02. The summed E-state index contributed by atoms with van der Waals surface area (Å²) in [5.41, 5.74) is -0.846. The van der Waals surface area contributed by atoms with Gasteiger partial charge in [-0.05, 0) is 12.8 Å². The Hall–Kier alpha value is -1.61. The van der Waals surface area contributed by atoms with Crippen molar-refractivity contribution in [1.82, 2.24) is 20.5 Å². The highest BCUT2D eigenvalue weighted by atomic mass is 32.1. The molecule has 0 radical (unpaired) electrons. The predicted octanol–water partition coefficient (Wildman–Crippen LogP) is 2.48. The second kappa shape index (κ2) is 8.48. The largest absolute Gasteiger partial charge is 0.434 e. The molecule has 0 bridgehead atoms. The number of hydrogen-bond acceptors (Lipinski definition) is 4. The molecule has 0 amide bonds. The number of rotatable bonds is 5. The number of halogens is 3. The molecule has 0 spiro atoms. The van der Waals surface area contributed by atoms with Crippen LogP contribution in [0, 0.1) is 0 Å². The molecule has 0 saturated carbocycles. The second-order valence-corrected chi connectivity index (χ2v) is 6.50. The van der Waals surface area contributed by atoms with E-state index in [2.05, 4.69) is 32.1 Å². The first kappa shape index (κ1) is 18.7. The molecule has 2 rings (SSSR count). The molecular weight excluding hydrogens is 339 g/mol. The van der Waals surface area contributed by atoms with Crippen molar-refractivity contribution >= 4 is 17.3 Å². The van der Waals surface area contributed by atoms with Crippen LogP contribution in [0.15, 0.2) is 23.0 Å². The van der Waals surface area contributed by atoms with E-state index >= 15 is 0 Å². The normalized spacial score (nSPS) is 17.8. The lowest BCUT2D eigenvalue weighted by Crippen LogP contribution is -2.48. The summed E-state index contributed by atoms with van der Waals surface area (Å²) in [5.74, 6) is 0.584. The van der Waals surface area contributed by atoms with Gasteiger partial charge in [0.15, 0.2) is 11.7 Å². The van der Waals surface area contributed by atoms with Crippen molar-refractivity contribution in [2.24, 2.45) is 4.99 Å². The Morgan fingerprint density at radius 3 is 2.75 bits per heavy atom. The molecule has 5 nitrogen and oxygen atoms in total. The molecular formula is C15H22F3N5S. The molecule has 9 heteroatoms. The minimum Gasteiger partial charge on any atom is -0.354 e. The molecule has 2 N–H and O–H groups in total. The maximum atomic E-state index is 12.5. The third kappa shape index (κ3) is 5.48. The monoisotopic (exact) mass is 361 g/mol. The Kier molecular flexibility index (Phi) is 6.61. The van der Waals surface area contributed by atoms with Crippen LogP contribution in [0.25, 0.3) is 0 Å². The van der Waals surface area contributed by atoms with Crippen LogP contribution in [-0.2, 0) is 12.7 Å². The maximum Gasteiger partial charge on any atom is 0.434 e. The first-order chi connectivity index (χ1) is 11.4. The summed E-state index contributed by atoms with van der Waals surface area (Å²) < 4.78 is 37.6. The summed E-state index contributed by atoms with van der Waals surface area (Å²) in [5, 5.41) is 7.75. The number of nitrogens with one attached hydrogen (secondary N) is 2. The van der Waals surface area contributed by atoms with Crippen LogP contribution in [0.3, 0.4) is 0 Å². The van der Waals surface area contributed by atoms with E-state index in [-0.39, 0.29) is 6.54 Å². The molecule has 2 heterocycles. The number of aliphatic imine (C=N–C) groups is 1. The molecule has 0 aliphatic carbocycles. The number of thiazole rings is 1. The fourth-order valence-corrected chi connectivity index (χ4v) is 3.25. The van der Waals surface area contributed by atoms with Gasteiger partial charge in [0.25, 0.3) is 0 Å². The van der Waals surface area contributed by atoms with Crippen LogP contribution in [0.2, 0.25) is 0 Å². The van der Waals surface area contributed by atoms with E-state index in [0.29, 0.717) is 17.0 Å². The van der Waals surface area contributed by atoms with Gasteiger partial charge in [-0.15, -0.1) is 17.9 Å². The van der Waals surface area contributed by atoms with Gasteiger partial charge in [0.1, 0.15) is 5.01 Å². The molecule has 1 aliphatic rings. The number of likely N-dealkylation sites (tertiary alicyclic amines) is 1. The molecule has 134 valence electrons. The molecule has 24 heavy (non-hydrogen) atoms. The van der Waals surface area contributed by atoms with Crippen LogP contribution < -0.4 is 10.6 Å². The minimum absolute atomic E-state index is 0.218. The lowest BCUT2D eigenvalue weighted by atomic mass is 10.1. The highest BCUT2D eigenvalue weighted by Gasteiger charge is 2.33. The van der Waals surface area contributed by atoms with E-state index in [1.54, 1.807) is 7.05 Å². The summed E-state index contributed by atoms with van der Waals surface area (Å²) in [7, 11) is 1.64. The lowest BCUT2D eigenvalue weighted by Gasteiger charge is -2.32. The van der Waals surface area contributed by atoms with Crippen LogP contribution in [0.5, 0.6) is 0 Å². The van der Waals surface area contributed by atoms with Crippen molar-refractivity contribution in [3.05, 3.63) is 28.7 Å². The molecule has 1 fully saturated rings. The SMILES string of the molecule is C=CCN1CCC(NC(=NC)NCc2nc(C(F)(F)F)cs2)CC1. The van der Waals surface area contributed by atoms with E-state index < -0.39 is 11.9 Å². The number of hydrogen-bond donors (Lipinski definition) is 2. The van der Waals surface area contributed by atoms with Crippen molar-refractivity contribution in [2.75, 3.05) is 26.7 Å². The third-order valence-corrected chi connectivity index (χ3v) is 4.64. The number of aromatic nitrogens is 1. The first-order valence-corrected chi connectivity index (χ1v) is 8.62. The Morgan fingerprint density at radius 1 is 1.50 bits per heavy atom. The minimum atomic E-state index is -4.39. The quantitative estimate of drug-likeness (QED) is 0.481. The van der Waals surface area contributed by atoms with Gasteiger partial charge in [-0.25, -0.2) is 4.98 Å². The van der Waals surface area contributed by atoms with Crippen LogP contribution in [0.4, 0.5) is 13.2 Å². The number of piperidine rings is 1. The standard InChI is InChI=1S/C15H22F3N5S/c1-3-6-23-7-4-11(5-8-23)21-14(19-2)20-9-13-22-12(10-24-13)15(16,17)18/h3,10-11H,1,4-9H2,2H3,(H2,19,20,21). The van der Waals surface area contributed by atoms with E-state index in [1.807, 2.05) is 6.08 Å². The van der Waals surface area contributed by atoms with E-state index in [4.69, 9.17) is 0 Å². The summed E-state index contributed by atoms with van der Waals surface area (Å²) in [6.07, 6.45) is -0.514. The van der Waals surface area contributed by atoms with Gasteiger partial charge in [0.2, 0.25) is 0 Å². The van der Waals surface area contributed by atoms with Gasteiger partial charge in [-0.2, -0.15) is 13.2 Å². The van der Waals surface area contributed by atoms with Crippen molar-refractivity contribution < 1.29 is 13.2 Å². The van der Waals surface area contributed by atoms with Crippen LogP contribution >= 0.6 is 11.3 Å². The first-order valence-electron chi connectivity index (χ1n) is 7.74. The zero-order valence-corrected chi connectivity index (χ0v) is 14.4. The fourth-order valence-electron chi connectivity index (χ4n) is 2.51. The molecule has 1 aliphatic heterocycles. The van der Waals surface area contributed by atoms with Gasteiger partial charge >= 0.3 is 6.18 Å². The highest BCUT2D eigenvalue weighted by Crippen LogP contribution is 2.29. The second-order valence-electron chi connectivity index (χ2n) is 5.56. The number of guanidine groups is 1. The van der Waals surface area contributed by atoms with Crippen molar-refractivity contribution in [3.8, 4) is 0 Å². The lowest BCUT2D eigenvalue weighted by molar-refractivity contribution is -0.140. The van der Waals surface area contributed by atoms with Crippen LogP contribution in [-0.4, -0.2) is 48.6 Å². The van der Waals surface area contributed by atoms with E-state index in [1.165, 1.54) is 0 Å². The number of nitrogens with zero attached hydrogens (tertiary/aromatic N) is 3. The van der Waals surface area contributed by atoms with E-state index in [9.17, 15) is 13.2 Å². The summed E-state index contributed by atoms with van der Waals surface area (Å²) in [6.45, 7) is 6.83. The molecule has 1 aromatic rings. The summed E-state index contributed by atoms with van der Waals surface area (Å²) in [4.78, 5) is 10.1.